The minimum absolute atomic E-state index is 0.146. The summed E-state index contributed by atoms with van der Waals surface area (Å²) in [5.74, 6) is -1.17. The Hall–Kier alpha value is -3.10. The summed E-state index contributed by atoms with van der Waals surface area (Å²) in [6.45, 7) is 1.38. The van der Waals surface area contributed by atoms with Gasteiger partial charge in [0, 0.05) is 19.7 Å². The second-order valence-corrected chi connectivity index (χ2v) is 6.32. The zero-order chi connectivity index (χ0) is 20.9. The van der Waals surface area contributed by atoms with Gasteiger partial charge in [-0.1, -0.05) is 30.3 Å². The zero-order valence-corrected chi connectivity index (χ0v) is 15.3. The highest BCUT2D eigenvalue weighted by atomic mass is 19.4. The molecule has 150 valence electrons. The number of carbonyl (C=O) groups is 2. The van der Waals surface area contributed by atoms with Crippen molar-refractivity contribution in [1.29, 1.82) is 0 Å². The number of aryl methyl sites for hydroxylation is 2. The van der Waals surface area contributed by atoms with E-state index in [1.165, 1.54) is 6.92 Å². The van der Waals surface area contributed by atoms with Crippen LogP contribution in [0, 0.1) is 0 Å². The van der Waals surface area contributed by atoms with Crippen molar-refractivity contribution in [1.82, 2.24) is 9.88 Å². The summed E-state index contributed by atoms with van der Waals surface area (Å²) in [5, 5.41) is 4.62. The highest BCUT2D eigenvalue weighted by molar-refractivity contribution is 5.96. The standard InChI is InChI=1S/C19H20F3N3O3/c1-12(23-16(26)9-8-13-6-4-3-5-7-13)17(27)24-15-10-14(19(20,21)22)11-25(2)18(15)28/h3-7,10-12H,8-9H2,1-2H3,(H,23,26)(H,24,27)/t12-/m1/s1. The van der Waals surface area contributed by atoms with E-state index in [0.29, 0.717) is 18.7 Å². The fourth-order valence-electron chi connectivity index (χ4n) is 2.48. The number of alkyl halides is 3. The monoisotopic (exact) mass is 395 g/mol. The smallest absolute Gasteiger partial charge is 0.345 e. The molecule has 1 heterocycles. The van der Waals surface area contributed by atoms with Crippen molar-refractivity contribution in [2.75, 3.05) is 5.32 Å². The van der Waals surface area contributed by atoms with Gasteiger partial charge in [0.15, 0.2) is 0 Å². The predicted molar refractivity (Wildman–Crippen MR) is 97.7 cm³/mol. The maximum atomic E-state index is 12.9. The Morgan fingerprint density at radius 2 is 1.82 bits per heavy atom. The van der Waals surface area contributed by atoms with Crippen LogP contribution in [0.5, 0.6) is 0 Å². The van der Waals surface area contributed by atoms with Crippen LogP contribution in [0.2, 0.25) is 0 Å². The molecule has 9 heteroatoms. The van der Waals surface area contributed by atoms with Gasteiger partial charge in [-0.15, -0.1) is 0 Å². The Kier molecular flexibility index (Phi) is 6.61. The van der Waals surface area contributed by atoms with Crippen LogP contribution in [-0.4, -0.2) is 22.4 Å². The van der Waals surface area contributed by atoms with Gasteiger partial charge in [0.1, 0.15) is 11.7 Å². The van der Waals surface area contributed by atoms with Crippen LogP contribution in [0.1, 0.15) is 24.5 Å². The molecule has 2 aromatic rings. The molecule has 1 aromatic heterocycles. The van der Waals surface area contributed by atoms with Gasteiger partial charge < -0.3 is 15.2 Å². The van der Waals surface area contributed by atoms with Gasteiger partial charge in [0.05, 0.1) is 5.56 Å². The number of halogens is 3. The number of rotatable bonds is 6. The van der Waals surface area contributed by atoms with E-state index in [1.807, 2.05) is 30.3 Å². The first-order valence-corrected chi connectivity index (χ1v) is 8.50. The van der Waals surface area contributed by atoms with E-state index in [2.05, 4.69) is 10.6 Å². The Bertz CT molecular complexity index is 908. The first kappa shape index (κ1) is 21.2. The molecule has 0 aliphatic carbocycles. The van der Waals surface area contributed by atoms with Crippen LogP contribution in [0.25, 0.3) is 0 Å². The number of hydrogen-bond acceptors (Lipinski definition) is 3. The van der Waals surface area contributed by atoms with E-state index in [4.69, 9.17) is 0 Å². The minimum Gasteiger partial charge on any atom is -0.345 e. The number of anilines is 1. The lowest BCUT2D eigenvalue weighted by molar-refractivity contribution is -0.138. The van der Waals surface area contributed by atoms with Crippen molar-refractivity contribution < 1.29 is 22.8 Å². The number of carbonyl (C=O) groups excluding carboxylic acids is 2. The molecule has 0 spiro atoms. The van der Waals surface area contributed by atoms with Crippen LogP contribution >= 0.6 is 0 Å². The van der Waals surface area contributed by atoms with E-state index in [0.717, 1.165) is 17.2 Å². The van der Waals surface area contributed by atoms with Crippen molar-refractivity contribution in [3.05, 3.63) is 64.1 Å². The zero-order valence-electron chi connectivity index (χ0n) is 15.3. The maximum absolute atomic E-state index is 12.9. The average Bonchev–Trinajstić information content (AvgIpc) is 2.63. The second kappa shape index (κ2) is 8.73. The molecular weight excluding hydrogens is 375 g/mol. The molecule has 0 fully saturated rings. The topological polar surface area (TPSA) is 80.2 Å². The van der Waals surface area contributed by atoms with Gasteiger partial charge in [-0.3, -0.25) is 14.4 Å². The van der Waals surface area contributed by atoms with E-state index in [9.17, 15) is 27.6 Å². The van der Waals surface area contributed by atoms with Gasteiger partial charge in [0.2, 0.25) is 11.8 Å². The third-order valence-electron chi connectivity index (χ3n) is 4.02. The van der Waals surface area contributed by atoms with Gasteiger partial charge >= 0.3 is 6.18 Å². The average molecular weight is 395 g/mol. The highest BCUT2D eigenvalue weighted by Gasteiger charge is 2.32. The maximum Gasteiger partial charge on any atom is 0.417 e. The fraction of sp³-hybridized carbons (Fsp3) is 0.316. The third-order valence-corrected chi connectivity index (χ3v) is 4.02. The van der Waals surface area contributed by atoms with Crippen LogP contribution in [0.3, 0.4) is 0 Å². The summed E-state index contributed by atoms with van der Waals surface area (Å²) >= 11 is 0. The molecule has 0 saturated heterocycles. The van der Waals surface area contributed by atoms with Gasteiger partial charge in [0.25, 0.3) is 5.56 Å². The lowest BCUT2D eigenvalue weighted by Gasteiger charge is -2.16. The van der Waals surface area contributed by atoms with Crippen molar-refractivity contribution in [2.24, 2.45) is 7.05 Å². The Morgan fingerprint density at radius 3 is 2.43 bits per heavy atom. The summed E-state index contributed by atoms with van der Waals surface area (Å²) in [7, 11) is 1.15. The fourth-order valence-corrected chi connectivity index (χ4v) is 2.48. The predicted octanol–water partition coefficient (Wildman–Crippen LogP) is 2.48. The molecule has 0 bridgehead atoms. The molecule has 0 aliphatic rings. The van der Waals surface area contributed by atoms with Gasteiger partial charge in [-0.25, -0.2) is 0 Å². The molecule has 2 amide bonds. The van der Waals surface area contributed by atoms with Crippen LogP contribution in [0.15, 0.2) is 47.4 Å². The van der Waals surface area contributed by atoms with E-state index < -0.39 is 34.9 Å². The number of aromatic nitrogens is 1. The van der Waals surface area contributed by atoms with E-state index >= 15 is 0 Å². The molecule has 28 heavy (non-hydrogen) atoms. The molecule has 0 aliphatic heterocycles. The normalized spacial score (nSPS) is 12.3. The van der Waals surface area contributed by atoms with E-state index in [-0.39, 0.29) is 12.3 Å². The first-order chi connectivity index (χ1) is 13.1. The Morgan fingerprint density at radius 1 is 1.18 bits per heavy atom. The van der Waals surface area contributed by atoms with Crippen molar-refractivity contribution in [2.45, 2.75) is 32.0 Å². The second-order valence-electron chi connectivity index (χ2n) is 6.32. The lowest BCUT2D eigenvalue weighted by atomic mass is 10.1. The minimum atomic E-state index is -4.66. The Labute approximate surface area is 159 Å². The number of benzene rings is 1. The molecule has 1 atom stereocenters. The SMILES string of the molecule is C[C@@H](NC(=O)CCc1ccccc1)C(=O)Nc1cc(C(F)(F)F)cn(C)c1=O. The first-order valence-electron chi connectivity index (χ1n) is 8.50. The molecule has 0 radical (unpaired) electrons. The van der Waals surface area contributed by atoms with Gasteiger partial charge in [-0.05, 0) is 25.0 Å². The number of amides is 2. The van der Waals surface area contributed by atoms with Crippen molar-refractivity contribution in [3.63, 3.8) is 0 Å². The molecule has 2 N–H and O–H groups in total. The van der Waals surface area contributed by atoms with Gasteiger partial charge in [-0.2, -0.15) is 13.2 Å². The van der Waals surface area contributed by atoms with Crippen molar-refractivity contribution >= 4 is 17.5 Å². The van der Waals surface area contributed by atoms with E-state index in [1.54, 1.807) is 0 Å². The molecule has 0 saturated carbocycles. The quantitative estimate of drug-likeness (QED) is 0.789. The third kappa shape index (κ3) is 5.70. The summed E-state index contributed by atoms with van der Waals surface area (Å²) in [5.41, 5.74) is -1.40. The number of nitrogens with zero attached hydrogens (tertiary/aromatic N) is 1. The largest absolute Gasteiger partial charge is 0.417 e. The highest BCUT2D eigenvalue weighted by Crippen LogP contribution is 2.29. The summed E-state index contributed by atoms with van der Waals surface area (Å²) in [6.07, 6.45) is -3.39. The summed E-state index contributed by atoms with van der Waals surface area (Å²) in [4.78, 5) is 36.2. The molecule has 6 nitrogen and oxygen atoms in total. The molecule has 1 aromatic carbocycles. The van der Waals surface area contributed by atoms with Crippen LogP contribution < -0.4 is 16.2 Å². The molecular formula is C19H20F3N3O3. The summed E-state index contributed by atoms with van der Waals surface area (Å²) in [6, 6.07) is 8.83. The number of pyridine rings is 1. The van der Waals surface area contributed by atoms with Crippen molar-refractivity contribution in [3.8, 4) is 0 Å². The number of hydrogen-bond donors (Lipinski definition) is 2. The summed E-state index contributed by atoms with van der Waals surface area (Å²) < 4.78 is 39.4. The lowest BCUT2D eigenvalue weighted by Crippen LogP contribution is -2.42. The van der Waals surface area contributed by atoms with Crippen LogP contribution in [-0.2, 0) is 29.2 Å². The van der Waals surface area contributed by atoms with Crippen LogP contribution in [0.4, 0.5) is 18.9 Å². The molecule has 0 unspecified atom stereocenters. The molecule has 2 rings (SSSR count). The Balaban J connectivity index is 1.99. The number of nitrogens with one attached hydrogen (secondary N) is 2.